The Balaban J connectivity index is 2.16. The molecule has 0 saturated carbocycles. The van der Waals surface area contributed by atoms with Crippen molar-refractivity contribution in [2.45, 2.75) is 18.9 Å². The second-order valence-electron chi connectivity index (χ2n) is 3.89. The maximum absolute atomic E-state index is 12.1. The number of thiophene rings is 1. The van der Waals surface area contributed by atoms with Crippen LogP contribution in [0.3, 0.4) is 0 Å². The minimum absolute atomic E-state index is 0.0629. The molecule has 1 aromatic rings. The molecule has 2 atom stereocenters. The molecule has 0 aliphatic heterocycles. The molecule has 0 amide bonds. The molecule has 3 nitrogen and oxygen atoms in total. The maximum atomic E-state index is 12.1. The van der Waals surface area contributed by atoms with Crippen LogP contribution < -0.4 is 5.73 Å². The summed E-state index contributed by atoms with van der Waals surface area (Å²) in [5.74, 6) is 0.133. The molecule has 1 aromatic heterocycles. The van der Waals surface area contributed by atoms with Gasteiger partial charge >= 0.3 is 0 Å². The molecule has 0 fully saturated rings. The van der Waals surface area contributed by atoms with E-state index in [2.05, 4.69) is 0 Å². The zero-order valence-electron chi connectivity index (χ0n) is 8.73. The van der Waals surface area contributed by atoms with Crippen molar-refractivity contribution in [2.24, 2.45) is 11.7 Å². The number of rotatable bonds is 3. The van der Waals surface area contributed by atoms with Crippen LogP contribution in [0.15, 0.2) is 11.4 Å². The first-order chi connectivity index (χ1) is 7.24. The van der Waals surface area contributed by atoms with E-state index in [1.54, 1.807) is 18.4 Å². The standard InChI is InChI=1S/C11H15NO2S/c1-14-6-9(12)7-2-3-10-8(11(7)13)4-5-15-10/h4-5,7,9H,2-3,6,12H2,1H3. The van der Waals surface area contributed by atoms with Gasteiger partial charge in [-0.2, -0.15) is 0 Å². The van der Waals surface area contributed by atoms with Crippen LogP contribution >= 0.6 is 11.3 Å². The zero-order chi connectivity index (χ0) is 10.8. The van der Waals surface area contributed by atoms with Crippen LogP contribution in [0.5, 0.6) is 0 Å². The Kier molecular flexibility index (Phi) is 3.19. The van der Waals surface area contributed by atoms with E-state index in [1.165, 1.54) is 4.88 Å². The summed E-state index contributed by atoms with van der Waals surface area (Å²) in [5.41, 5.74) is 6.81. The van der Waals surface area contributed by atoms with Crippen molar-refractivity contribution in [3.8, 4) is 0 Å². The van der Waals surface area contributed by atoms with Gasteiger partial charge < -0.3 is 10.5 Å². The fourth-order valence-electron chi connectivity index (χ4n) is 2.09. The first-order valence-electron chi connectivity index (χ1n) is 5.09. The third-order valence-electron chi connectivity index (χ3n) is 2.91. The lowest BCUT2D eigenvalue weighted by Crippen LogP contribution is -2.41. The second-order valence-corrected chi connectivity index (χ2v) is 4.89. The number of Topliss-reactive ketones (excluding diaryl/α,β-unsaturated/α-hetero) is 1. The molecule has 0 spiro atoms. The molecule has 0 radical (unpaired) electrons. The van der Waals surface area contributed by atoms with Crippen molar-refractivity contribution in [3.63, 3.8) is 0 Å². The molecule has 2 unspecified atom stereocenters. The molecule has 1 aliphatic carbocycles. The van der Waals surface area contributed by atoms with E-state index in [1.807, 2.05) is 11.4 Å². The van der Waals surface area contributed by atoms with Gasteiger partial charge in [0.2, 0.25) is 0 Å². The van der Waals surface area contributed by atoms with E-state index in [4.69, 9.17) is 10.5 Å². The van der Waals surface area contributed by atoms with E-state index < -0.39 is 0 Å². The van der Waals surface area contributed by atoms with E-state index in [0.29, 0.717) is 6.61 Å². The Morgan fingerprint density at radius 2 is 2.53 bits per heavy atom. The minimum Gasteiger partial charge on any atom is -0.383 e. The minimum atomic E-state index is -0.171. The molecular weight excluding hydrogens is 210 g/mol. The monoisotopic (exact) mass is 225 g/mol. The van der Waals surface area contributed by atoms with Crippen molar-refractivity contribution in [1.82, 2.24) is 0 Å². The fourth-order valence-corrected chi connectivity index (χ4v) is 2.99. The first kappa shape index (κ1) is 10.8. The Morgan fingerprint density at radius 1 is 1.73 bits per heavy atom. The Morgan fingerprint density at radius 3 is 3.27 bits per heavy atom. The van der Waals surface area contributed by atoms with Gasteiger partial charge in [-0.05, 0) is 24.3 Å². The number of hydrogen-bond donors (Lipinski definition) is 1. The highest BCUT2D eigenvalue weighted by atomic mass is 32.1. The van der Waals surface area contributed by atoms with Gasteiger partial charge in [0.25, 0.3) is 0 Å². The number of carbonyl (C=O) groups is 1. The van der Waals surface area contributed by atoms with Crippen molar-refractivity contribution in [2.75, 3.05) is 13.7 Å². The number of fused-ring (bicyclic) bond motifs is 1. The molecule has 0 aromatic carbocycles. The topological polar surface area (TPSA) is 52.3 Å². The Labute approximate surface area is 93.2 Å². The van der Waals surface area contributed by atoms with Crippen molar-refractivity contribution in [1.29, 1.82) is 0 Å². The summed E-state index contributed by atoms with van der Waals surface area (Å²) in [6.07, 6.45) is 1.83. The molecule has 82 valence electrons. The molecule has 2 rings (SSSR count). The Bertz CT molecular complexity index is 361. The van der Waals surface area contributed by atoms with Crippen molar-refractivity contribution >= 4 is 17.1 Å². The molecule has 0 bridgehead atoms. The summed E-state index contributed by atoms with van der Waals surface area (Å²) in [7, 11) is 1.61. The summed E-state index contributed by atoms with van der Waals surface area (Å²) >= 11 is 1.66. The van der Waals surface area contributed by atoms with Crippen LogP contribution in [0.25, 0.3) is 0 Å². The fraction of sp³-hybridized carbons (Fsp3) is 0.545. The van der Waals surface area contributed by atoms with E-state index in [9.17, 15) is 4.79 Å². The highest BCUT2D eigenvalue weighted by Gasteiger charge is 2.32. The summed E-state index contributed by atoms with van der Waals surface area (Å²) in [6, 6.07) is 1.74. The molecule has 1 aliphatic rings. The molecule has 0 saturated heterocycles. The molecule has 2 N–H and O–H groups in total. The summed E-state index contributed by atoms with van der Waals surface area (Å²) in [4.78, 5) is 13.3. The predicted molar refractivity (Wildman–Crippen MR) is 60.3 cm³/mol. The maximum Gasteiger partial charge on any atom is 0.168 e. The third-order valence-corrected chi connectivity index (χ3v) is 3.89. The van der Waals surface area contributed by atoms with Crippen LogP contribution in [0.4, 0.5) is 0 Å². The molecule has 4 heteroatoms. The molecule has 1 heterocycles. The normalized spacial score (nSPS) is 22.5. The average molecular weight is 225 g/mol. The van der Waals surface area contributed by atoms with Crippen molar-refractivity contribution in [3.05, 3.63) is 21.9 Å². The van der Waals surface area contributed by atoms with Crippen LogP contribution in [-0.2, 0) is 11.2 Å². The average Bonchev–Trinajstić information content (AvgIpc) is 2.67. The lowest BCUT2D eigenvalue weighted by molar-refractivity contribution is 0.0826. The van der Waals surface area contributed by atoms with Gasteiger partial charge in [0.05, 0.1) is 6.61 Å². The van der Waals surface area contributed by atoms with Crippen LogP contribution in [0.2, 0.25) is 0 Å². The summed E-state index contributed by atoms with van der Waals surface area (Å²) < 4.78 is 5.00. The number of methoxy groups -OCH3 is 1. The lowest BCUT2D eigenvalue weighted by atomic mass is 9.83. The number of ketones is 1. The number of aryl methyl sites for hydroxylation is 1. The number of carbonyl (C=O) groups excluding carboxylic acids is 1. The van der Waals surface area contributed by atoms with Gasteiger partial charge in [0, 0.05) is 29.5 Å². The second kappa shape index (κ2) is 4.43. The van der Waals surface area contributed by atoms with Gasteiger partial charge in [0.15, 0.2) is 5.78 Å². The lowest BCUT2D eigenvalue weighted by Gasteiger charge is -2.25. The highest BCUT2D eigenvalue weighted by Crippen LogP contribution is 2.30. The molecular formula is C11H15NO2S. The first-order valence-corrected chi connectivity index (χ1v) is 5.97. The quantitative estimate of drug-likeness (QED) is 0.847. The summed E-state index contributed by atoms with van der Waals surface area (Å²) in [6.45, 7) is 0.454. The van der Waals surface area contributed by atoms with E-state index in [0.717, 1.165) is 18.4 Å². The number of ether oxygens (including phenoxy) is 1. The van der Waals surface area contributed by atoms with Crippen LogP contribution in [0, 0.1) is 5.92 Å². The molecule has 15 heavy (non-hydrogen) atoms. The smallest absolute Gasteiger partial charge is 0.168 e. The third kappa shape index (κ3) is 1.97. The SMILES string of the molecule is COCC(N)C1CCc2sccc2C1=O. The van der Waals surface area contributed by atoms with Crippen molar-refractivity contribution < 1.29 is 9.53 Å². The van der Waals surface area contributed by atoms with Gasteiger partial charge in [-0.3, -0.25) is 4.79 Å². The largest absolute Gasteiger partial charge is 0.383 e. The van der Waals surface area contributed by atoms with E-state index >= 15 is 0 Å². The van der Waals surface area contributed by atoms with Crippen LogP contribution in [0.1, 0.15) is 21.7 Å². The summed E-state index contributed by atoms with van der Waals surface area (Å²) in [5, 5.41) is 1.98. The predicted octanol–water partition coefficient (Wildman–Crippen LogP) is 1.47. The zero-order valence-corrected chi connectivity index (χ0v) is 9.55. The number of nitrogens with two attached hydrogens (primary N) is 1. The van der Waals surface area contributed by atoms with Crippen LogP contribution in [-0.4, -0.2) is 25.5 Å². The van der Waals surface area contributed by atoms with E-state index in [-0.39, 0.29) is 17.7 Å². The number of hydrogen-bond acceptors (Lipinski definition) is 4. The Hall–Kier alpha value is -0.710. The van der Waals surface area contributed by atoms with Gasteiger partial charge in [0.1, 0.15) is 0 Å². The highest BCUT2D eigenvalue weighted by molar-refractivity contribution is 7.10. The van der Waals surface area contributed by atoms with Gasteiger partial charge in [-0.25, -0.2) is 0 Å². The van der Waals surface area contributed by atoms with Gasteiger partial charge in [-0.1, -0.05) is 0 Å². The van der Waals surface area contributed by atoms with Gasteiger partial charge in [-0.15, -0.1) is 11.3 Å².